The van der Waals surface area contributed by atoms with Crippen molar-refractivity contribution in [3.05, 3.63) is 65.7 Å². The van der Waals surface area contributed by atoms with Gasteiger partial charge < -0.3 is 4.74 Å². The highest BCUT2D eigenvalue weighted by Crippen LogP contribution is 2.16. The van der Waals surface area contributed by atoms with Gasteiger partial charge in [0.2, 0.25) is 0 Å². The van der Waals surface area contributed by atoms with E-state index in [4.69, 9.17) is 4.74 Å². The summed E-state index contributed by atoms with van der Waals surface area (Å²) >= 11 is 0. The molecule has 3 nitrogen and oxygen atoms in total. The lowest BCUT2D eigenvalue weighted by Gasteiger charge is -2.34. The van der Waals surface area contributed by atoms with Gasteiger partial charge in [0, 0.05) is 39.3 Å². The summed E-state index contributed by atoms with van der Waals surface area (Å²) in [5.74, 6) is 0.991. The summed E-state index contributed by atoms with van der Waals surface area (Å²) < 4.78 is 5.74. The Morgan fingerprint density at radius 3 is 1.88 bits per heavy atom. The molecule has 1 saturated heterocycles. The van der Waals surface area contributed by atoms with Gasteiger partial charge in [0.15, 0.2) is 0 Å². The third kappa shape index (κ3) is 5.87. The molecule has 2 aromatic carbocycles. The van der Waals surface area contributed by atoms with Gasteiger partial charge in [-0.2, -0.15) is 0 Å². The summed E-state index contributed by atoms with van der Waals surface area (Å²) in [6.45, 7) is 9.68. The number of nitrogens with zero attached hydrogens (tertiary/aromatic N) is 2. The van der Waals surface area contributed by atoms with E-state index in [9.17, 15) is 0 Å². The molecule has 3 heteroatoms. The maximum atomic E-state index is 5.74. The second-order valence-corrected chi connectivity index (χ2v) is 6.88. The Bertz CT molecular complexity index is 604. The highest BCUT2D eigenvalue weighted by atomic mass is 16.5. The first-order valence-corrected chi connectivity index (χ1v) is 9.54. The third-order valence-electron chi connectivity index (χ3n) is 4.81. The zero-order chi connectivity index (χ0) is 17.3. The van der Waals surface area contributed by atoms with Crippen LogP contribution in [0.5, 0.6) is 5.75 Å². The monoisotopic (exact) mass is 338 g/mol. The van der Waals surface area contributed by atoms with Gasteiger partial charge in [0.25, 0.3) is 0 Å². The number of ether oxygens (including phenoxy) is 1. The first-order chi connectivity index (χ1) is 12.3. The SMILES string of the molecule is CCCCOc1ccc(CN2CCN(Cc3ccccc3)CC2)cc1. The van der Waals surface area contributed by atoms with Crippen LogP contribution >= 0.6 is 0 Å². The number of hydrogen-bond acceptors (Lipinski definition) is 3. The average molecular weight is 338 g/mol. The molecule has 0 atom stereocenters. The average Bonchev–Trinajstić information content (AvgIpc) is 2.66. The predicted molar refractivity (Wildman–Crippen MR) is 104 cm³/mol. The van der Waals surface area contributed by atoms with Crippen molar-refractivity contribution in [3.8, 4) is 5.75 Å². The molecule has 0 N–H and O–H groups in total. The van der Waals surface area contributed by atoms with Crippen LogP contribution in [0.4, 0.5) is 0 Å². The normalized spacial score (nSPS) is 16.0. The summed E-state index contributed by atoms with van der Waals surface area (Å²) in [5, 5.41) is 0. The highest BCUT2D eigenvalue weighted by molar-refractivity contribution is 5.27. The van der Waals surface area contributed by atoms with Crippen molar-refractivity contribution in [1.29, 1.82) is 0 Å². The van der Waals surface area contributed by atoms with Crippen molar-refractivity contribution in [2.75, 3.05) is 32.8 Å². The molecule has 0 radical (unpaired) electrons. The maximum absolute atomic E-state index is 5.74. The Balaban J connectivity index is 1.41. The lowest BCUT2D eigenvalue weighted by atomic mass is 10.1. The van der Waals surface area contributed by atoms with Gasteiger partial charge >= 0.3 is 0 Å². The molecule has 0 spiro atoms. The van der Waals surface area contributed by atoms with Crippen molar-refractivity contribution in [2.24, 2.45) is 0 Å². The van der Waals surface area contributed by atoms with Gasteiger partial charge in [0.1, 0.15) is 5.75 Å². The van der Waals surface area contributed by atoms with E-state index in [1.165, 1.54) is 17.5 Å². The standard InChI is InChI=1S/C22H30N2O/c1-2-3-17-25-22-11-9-21(10-12-22)19-24-15-13-23(14-16-24)18-20-7-5-4-6-8-20/h4-12H,2-3,13-19H2,1H3. The van der Waals surface area contributed by atoms with Crippen LogP contribution in [0.2, 0.25) is 0 Å². The Kier molecular flexibility index (Phi) is 6.89. The molecule has 0 aliphatic carbocycles. The fraction of sp³-hybridized carbons (Fsp3) is 0.455. The van der Waals surface area contributed by atoms with Crippen molar-refractivity contribution in [3.63, 3.8) is 0 Å². The minimum atomic E-state index is 0.819. The summed E-state index contributed by atoms with van der Waals surface area (Å²) in [6, 6.07) is 19.4. The van der Waals surface area contributed by atoms with Crippen molar-refractivity contribution in [2.45, 2.75) is 32.9 Å². The lowest BCUT2D eigenvalue weighted by molar-refractivity contribution is 0.122. The van der Waals surface area contributed by atoms with Gasteiger partial charge in [-0.05, 0) is 29.7 Å². The minimum Gasteiger partial charge on any atom is -0.494 e. The first kappa shape index (κ1) is 18.0. The van der Waals surface area contributed by atoms with E-state index in [-0.39, 0.29) is 0 Å². The van der Waals surface area contributed by atoms with Crippen LogP contribution in [0.25, 0.3) is 0 Å². The smallest absolute Gasteiger partial charge is 0.119 e. The highest BCUT2D eigenvalue weighted by Gasteiger charge is 2.17. The van der Waals surface area contributed by atoms with Crippen molar-refractivity contribution < 1.29 is 4.74 Å². The predicted octanol–water partition coefficient (Wildman–Crippen LogP) is 4.18. The molecule has 0 aromatic heterocycles. The van der Waals surface area contributed by atoms with Crippen LogP contribution in [-0.2, 0) is 13.1 Å². The van der Waals surface area contributed by atoms with Crippen LogP contribution in [-0.4, -0.2) is 42.6 Å². The van der Waals surface area contributed by atoms with E-state index in [2.05, 4.69) is 71.3 Å². The van der Waals surface area contributed by atoms with Gasteiger partial charge in [-0.15, -0.1) is 0 Å². The molecule has 0 saturated carbocycles. The largest absolute Gasteiger partial charge is 0.494 e. The van der Waals surface area contributed by atoms with Crippen molar-refractivity contribution >= 4 is 0 Å². The van der Waals surface area contributed by atoms with Crippen LogP contribution in [0.15, 0.2) is 54.6 Å². The molecule has 134 valence electrons. The van der Waals surface area contributed by atoms with Gasteiger partial charge in [-0.1, -0.05) is 55.8 Å². The van der Waals surface area contributed by atoms with E-state index in [0.717, 1.165) is 58.0 Å². The summed E-state index contributed by atoms with van der Waals surface area (Å²) in [5.41, 5.74) is 2.79. The van der Waals surface area contributed by atoms with E-state index < -0.39 is 0 Å². The third-order valence-corrected chi connectivity index (χ3v) is 4.81. The molecular formula is C22H30N2O. The molecule has 1 fully saturated rings. The number of rotatable bonds is 8. The van der Waals surface area contributed by atoms with E-state index in [0.29, 0.717) is 0 Å². The second-order valence-electron chi connectivity index (χ2n) is 6.88. The molecular weight excluding hydrogens is 308 g/mol. The molecule has 1 aliphatic heterocycles. The van der Waals surface area contributed by atoms with Crippen LogP contribution in [0.1, 0.15) is 30.9 Å². The summed E-state index contributed by atoms with van der Waals surface area (Å²) in [6.07, 6.45) is 2.29. The zero-order valence-corrected chi connectivity index (χ0v) is 15.4. The fourth-order valence-corrected chi connectivity index (χ4v) is 3.23. The number of benzene rings is 2. The van der Waals surface area contributed by atoms with E-state index >= 15 is 0 Å². The Labute approximate surface area is 152 Å². The Hall–Kier alpha value is -1.84. The van der Waals surface area contributed by atoms with Gasteiger partial charge in [-0.25, -0.2) is 0 Å². The Morgan fingerprint density at radius 2 is 1.32 bits per heavy atom. The lowest BCUT2D eigenvalue weighted by Crippen LogP contribution is -2.45. The topological polar surface area (TPSA) is 15.7 Å². The molecule has 0 bridgehead atoms. The van der Waals surface area contributed by atoms with Gasteiger partial charge in [0.05, 0.1) is 6.61 Å². The molecule has 3 rings (SSSR count). The fourth-order valence-electron chi connectivity index (χ4n) is 3.23. The first-order valence-electron chi connectivity index (χ1n) is 9.54. The summed E-state index contributed by atoms with van der Waals surface area (Å²) in [4.78, 5) is 5.10. The quantitative estimate of drug-likeness (QED) is 0.672. The van der Waals surface area contributed by atoms with Crippen LogP contribution < -0.4 is 4.74 Å². The minimum absolute atomic E-state index is 0.819. The van der Waals surface area contributed by atoms with Gasteiger partial charge in [-0.3, -0.25) is 9.80 Å². The Morgan fingerprint density at radius 1 is 0.760 bits per heavy atom. The number of piperazine rings is 1. The molecule has 2 aromatic rings. The van der Waals surface area contributed by atoms with E-state index in [1.807, 2.05) is 0 Å². The summed E-state index contributed by atoms with van der Waals surface area (Å²) in [7, 11) is 0. The molecule has 1 heterocycles. The van der Waals surface area contributed by atoms with Crippen LogP contribution in [0, 0.1) is 0 Å². The van der Waals surface area contributed by atoms with Crippen LogP contribution in [0.3, 0.4) is 0 Å². The maximum Gasteiger partial charge on any atom is 0.119 e. The second kappa shape index (κ2) is 9.59. The van der Waals surface area contributed by atoms with E-state index in [1.54, 1.807) is 0 Å². The molecule has 0 unspecified atom stereocenters. The number of hydrogen-bond donors (Lipinski definition) is 0. The molecule has 0 amide bonds. The molecule has 25 heavy (non-hydrogen) atoms. The molecule has 1 aliphatic rings. The number of unbranched alkanes of at least 4 members (excludes halogenated alkanes) is 1. The zero-order valence-electron chi connectivity index (χ0n) is 15.4. The van der Waals surface area contributed by atoms with Crippen molar-refractivity contribution in [1.82, 2.24) is 9.80 Å².